The van der Waals surface area contributed by atoms with Crippen LogP contribution in [0.25, 0.3) is 0 Å². The summed E-state index contributed by atoms with van der Waals surface area (Å²) in [5.74, 6) is 1.33. The summed E-state index contributed by atoms with van der Waals surface area (Å²) in [6.07, 6.45) is 3.73. The Morgan fingerprint density at radius 1 is 1.24 bits per heavy atom. The van der Waals surface area contributed by atoms with Crippen molar-refractivity contribution >= 4 is 5.95 Å². The van der Waals surface area contributed by atoms with Crippen molar-refractivity contribution in [1.82, 2.24) is 15.0 Å². The third-order valence-electron chi connectivity index (χ3n) is 2.57. The first-order chi connectivity index (χ1) is 8.31. The van der Waals surface area contributed by atoms with E-state index in [0.717, 1.165) is 18.9 Å². The molecule has 0 aromatic carbocycles. The van der Waals surface area contributed by atoms with E-state index in [2.05, 4.69) is 20.3 Å². The Kier molecular flexibility index (Phi) is 3.95. The van der Waals surface area contributed by atoms with E-state index < -0.39 is 0 Å². The van der Waals surface area contributed by atoms with Gasteiger partial charge in [0.15, 0.2) is 0 Å². The largest absolute Gasteiger partial charge is 0.467 e. The molecule has 94 valence electrons. The number of methoxy groups -OCH3 is 1. The molecular weight excluding hydrogens is 220 g/mol. The van der Waals surface area contributed by atoms with E-state index in [1.165, 1.54) is 20.0 Å². The van der Waals surface area contributed by atoms with Gasteiger partial charge in [-0.15, -0.1) is 4.98 Å². The predicted octanol–water partition coefficient (Wildman–Crippen LogP) is 1.49. The molecule has 0 bridgehead atoms. The van der Waals surface area contributed by atoms with Crippen LogP contribution in [0.5, 0.6) is 12.0 Å². The van der Waals surface area contributed by atoms with Gasteiger partial charge in [-0.1, -0.05) is 12.8 Å². The van der Waals surface area contributed by atoms with E-state index in [-0.39, 0.29) is 6.01 Å². The van der Waals surface area contributed by atoms with Gasteiger partial charge >= 0.3 is 12.0 Å². The maximum Gasteiger partial charge on any atom is 0.324 e. The molecule has 2 rings (SSSR count). The smallest absolute Gasteiger partial charge is 0.324 e. The Labute approximate surface area is 101 Å². The minimum Gasteiger partial charge on any atom is -0.467 e. The van der Waals surface area contributed by atoms with Gasteiger partial charge in [-0.25, -0.2) is 0 Å². The van der Waals surface area contributed by atoms with Gasteiger partial charge in [0.05, 0.1) is 13.7 Å². The molecule has 6 heteroatoms. The molecule has 17 heavy (non-hydrogen) atoms. The molecule has 1 aromatic rings. The molecule has 1 aliphatic rings. The van der Waals surface area contributed by atoms with Crippen molar-refractivity contribution in [2.24, 2.45) is 5.92 Å². The normalized spacial score (nSPS) is 14.5. The van der Waals surface area contributed by atoms with Crippen molar-refractivity contribution in [2.45, 2.75) is 26.2 Å². The zero-order valence-electron chi connectivity index (χ0n) is 10.3. The van der Waals surface area contributed by atoms with Crippen LogP contribution in [0.1, 0.15) is 26.2 Å². The van der Waals surface area contributed by atoms with Crippen LogP contribution in [0.2, 0.25) is 0 Å². The van der Waals surface area contributed by atoms with E-state index in [1.807, 2.05) is 6.92 Å². The monoisotopic (exact) mass is 238 g/mol. The highest BCUT2D eigenvalue weighted by Crippen LogP contribution is 2.32. The lowest BCUT2D eigenvalue weighted by Crippen LogP contribution is -2.08. The van der Waals surface area contributed by atoms with Crippen LogP contribution in [-0.2, 0) is 0 Å². The molecule has 1 N–H and O–H groups in total. The number of hydrogen-bond acceptors (Lipinski definition) is 6. The third-order valence-corrected chi connectivity index (χ3v) is 2.57. The van der Waals surface area contributed by atoms with Gasteiger partial charge in [0.1, 0.15) is 0 Å². The number of anilines is 1. The molecule has 0 aliphatic heterocycles. The number of nitrogens with zero attached hydrogens (tertiary/aromatic N) is 3. The lowest BCUT2D eigenvalue weighted by Gasteiger charge is -2.07. The third kappa shape index (κ3) is 3.72. The molecule has 1 saturated carbocycles. The van der Waals surface area contributed by atoms with E-state index in [1.54, 1.807) is 0 Å². The van der Waals surface area contributed by atoms with Gasteiger partial charge in [0.25, 0.3) is 0 Å². The van der Waals surface area contributed by atoms with Gasteiger partial charge < -0.3 is 14.8 Å². The molecule has 0 spiro atoms. The highest BCUT2D eigenvalue weighted by molar-refractivity contribution is 5.27. The molecule has 0 atom stereocenters. The number of rotatable bonds is 7. The molecule has 1 heterocycles. The quantitative estimate of drug-likeness (QED) is 0.776. The van der Waals surface area contributed by atoms with Gasteiger partial charge in [-0.2, -0.15) is 9.97 Å². The van der Waals surface area contributed by atoms with Crippen LogP contribution in [0.4, 0.5) is 5.95 Å². The number of ether oxygens (including phenoxy) is 2. The highest BCUT2D eigenvalue weighted by Gasteiger charge is 2.21. The van der Waals surface area contributed by atoms with E-state index in [9.17, 15) is 0 Å². The lowest BCUT2D eigenvalue weighted by molar-refractivity contribution is 0.270. The van der Waals surface area contributed by atoms with Gasteiger partial charge in [-0.05, 0) is 19.3 Å². The van der Waals surface area contributed by atoms with Gasteiger partial charge in [0.2, 0.25) is 5.95 Å². The minimum atomic E-state index is 0.275. The fourth-order valence-electron chi connectivity index (χ4n) is 1.45. The topological polar surface area (TPSA) is 69.2 Å². The van der Waals surface area contributed by atoms with Crippen molar-refractivity contribution in [3.63, 3.8) is 0 Å². The molecule has 0 radical (unpaired) electrons. The number of aromatic nitrogens is 3. The summed E-state index contributed by atoms with van der Waals surface area (Å²) in [6.45, 7) is 3.38. The van der Waals surface area contributed by atoms with Crippen molar-refractivity contribution in [1.29, 1.82) is 0 Å². The zero-order chi connectivity index (χ0) is 12.1. The Morgan fingerprint density at radius 3 is 2.65 bits per heavy atom. The minimum absolute atomic E-state index is 0.275. The molecule has 0 amide bonds. The summed E-state index contributed by atoms with van der Waals surface area (Å²) in [4.78, 5) is 12.3. The summed E-state index contributed by atoms with van der Waals surface area (Å²) in [5.41, 5.74) is 0. The molecule has 1 fully saturated rings. The van der Waals surface area contributed by atoms with Crippen LogP contribution in [0, 0.1) is 5.92 Å². The highest BCUT2D eigenvalue weighted by atomic mass is 16.5. The summed E-state index contributed by atoms with van der Waals surface area (Å²) in [5, 5.41) is 3.01. The SMILES string of the molecule is CCNc1nc(OC)nc(OCCC2CC2)n1. The van der Waals surface area contributed by atoms with Gasteiger partial charge in [-0.3, -0.25) is 0 Å². The predicted molar refractivity (Wildman–Crippen MR) is 63.4 cm³/mol. The second-order valence-corrected chi connectivity index (χ2v) is 4.04. The standard InChI is InChI=1S/C11H18N4O2/c1-3-12-9-13-10(16-2)15-11(14-9)17-7-6-8-4-5-8/h8H,3-7H2,1-2H3,(H,12,13,14,15). The summed E-state index contributed by atoms with van der Waals surface area (Å²) >= 11 is 0. The second kappa shape index (κ2) is 5.65. The van der Waals surface area contributed by atoms with Crippen molar-refractivity contribution in [3.8, 4) is 12.0 Å². The van der Waals surface area contributed by atoms with Crippen LogP contribution in [0.3, 0.4) is 0 Å². The Balaban J connectivity index is 1.94. The second-order valence-electron chi connectivity index (χ2n) is 4.04. The average molecular weight is 238 g/mol. The maximum absolute atomic E-state index is 5.50. The fraction of sp³-hybridized carbons (Fsp3) is 0.727. The summed E-state index contributed by atoms with van der Waals surface area (Å²) < 4.78 is 10.5. The van der Waals surface area contributed by atoms with Crippen LogP contribution < -0.4 is 14.8 Å². The summed E-state index contributed by atoms with van der Waals surface area (Å²) in [6, 6.07) is 0.603. The Bertz CT molecular complexity index is 368. The van der Waals surface area contributed by atoms with Crippen LogP contribution in [-0.4, -0.2) is 35.2 Å². The average Bonchev–Trinajstić information content (AvgIpc) is 3.13. The molecule has 1 aromatic heterocycles. The van der Waals surface area contributed by atoms with E-state index in [4.69, 9.17) is 9.47 Å². The first kappa shape index (κ1) is 11.9. The molecule has 1 aliphatic carbocycles. The van der Waals surface area contributed by atoms with Crippen LogP contribution >= 0.6 is 0 Å². The van der Waals surface area contributed by atoms with Crippen molar-refractivity contribution < 1.29 is 9.47 Å². The molecule has 0 unspecified atom stereocenters. The van der Waals surface area contributed by atoms with Crippen LogP contribution in [0.15, 0.2) is 0 Å². The first-order valence-electron chi connectivity index (χ1n) is 5.98. The van der Waals surface area contributed by atoms with Crippen molar-refractivity contribution in [3.05, 3.63) is 0 Å². The molecule has 6 nitrogen and oxygen atoms in total. The number of hydrogen-bond donors (Lipinski definition) is 1. The van der Waals surface area contributed by atoms with E-state index >= 15 is 0 Å². The maximum atomic E-state index is 5.50. The Hall–Kier alpha value is -1.59. The lowest BCUT2D eigenvalue weighted by atomic mass is 10.3. The zero-order valence-corrected chi connectivity index (χ0v) is 10.3. The first-order valence-corrected chi connectivity index (χ1v) is 5.98. The summed E-state index contributed by atoms with van der Waals surface area (Å²) in [7, 11) is 1.53. The number of nitrogens with one attached hydrogen (secondary N) is 1. The molecule has 0 saturated heterocycles. The van der Waals surface area contributed by atoms with Gasteiger partial charge in [0, 0.05) is 6.54 Å². The van der Waals surface area contributed by atoms with Crippen molar-refractivity contribution in [2.75, 3.05) is 25.6 Å². The fourth-order valence-corrected chi connectivity index (χ4v) is 1.45. The Morgan fingerprint density at radius 2 is 2.00 bits per heavy atom. The van der Waals surface area contributed by atoms with E-state index in [0.29, 0.717) is 18.6 Å². The molecular formula is C11H18N4O2.